The van der Waals surface area contributed by atoms with Gasteiger partial charge >= 0.3 is 0 Å². The average Bonchev–Trinajstić information content (AvgIpc) is 2.90. The molecular formula is C16H24N2O. The number of allylic oxidation sites excluding steroid dienone is 1. The molecule has 2 rings (SSSR count). The summed E-state index contributed by atoms with van der Waals surface area (Å²) in [7, 11) is 0. The lowest BCUT2D eigenvalue weighted by atomic mass is 10.2. The molecule has 0 saturated carbocycles. The van der Waals surface area contributed by atoms with E-state index in [2.05, 4.69) is 35.9 Å². The van der Waals surface area contributed by atoms with Gasteiger partial charge in [0.2, 0.25) is 0 Å². The molecule has 1 aliphatic heterocycles. The highest BCUT2D eigenvalue weighted by atomic mass is 16.5. The molecule has 3 heteroatoms. The minimum Gasteiger partial charge on any atom is -0.377 e. The summed E-state index contributed by atoms with van der Waals surface area (Å²) in [5.41, 5.74) is 2.63. The summed E-state index contributed by atoms with van der Waals surface area (Å²) < 4.78 is 5.75. The van der Waals surface area contributed by atoms with Crippen LogP contribution in [0.1, 0.15) is 32.3 Å². The van der Waals surface area contributed by atoms with E-state index in [1.54, 1.807) is 0 Å². The van der Waals surface area contributed by atoms with Gasteiger partial charge < -0.3 is 4.74 Å². The van der Waals surface area contributed by atoms with E-state index < -0.39 is 0 Å². The zero-order valence-corrected chi connectivity index (χ0v) is 12.0. The third-order valence-corrected chi connectivity index (χ3v) is 3.37. The topological polar surface area (TPSA) is 25.4 Å². The Kier molecular flexibility index (Phi) is 5.55. The van der Waals surface area contributed by atoms with Crippen molar-refractivity contribution >= 4 is 0 Å². The van der Waals surface area contributed by atoms with Gasteiger partial charge in [-0.1, -0.05) is 17.7 Å². The van der Waals surface area contributed by atoms with E-state index in [0.29, 0.717) is 6.10 Å². The second-order valence-corrected chi connectivity index (χ2v) is 5.47. The van der Waals surface area contributed by atoms with Crippen molar-refractivity contribution in [3.05, 3.63) is 41.7 Å². The predicted octanol–water partition coefficient (Wildman–Crippen LogP) is 3.03. The van der Waals surface area contributed by atoms with Crippen LogP contribution in [-0.2, 0) is 11.3 Å². The van der Waals surface area contributed by atoms with E-state index >= 15 is 0 Å². The van der Waals surface area contributed by atoms with E-state index in [9.17, 15) is 0 Å². The molecule has 1 saturated heterocycles. The maximum Gasteiger partial charge on any atom is 0.0703 e. The Balaban J connectivity index is 1.94. The predicted molar refractivity (Wildman–Crippen MR) is 77.9 cm³/mol. The minimum atomic E-state index is 0.405. The number of hydrogen-bond acceptors (Lipinski definition) is 3. The van der Waals surface area contributed by atoms with Crippen LogP contribution >= 0.6 is 0 Å². The van der Waals surface area contributed by atoms with Crippen LogP contribution in [-0.4, -0.2) is 35.7 Å². The molecule has 1 atom stereocenters. The summed E-state index contributed by atoms with van der Waals surface area (Å²) in [6.07, 6.45) is 8.86. The highest BCUT2D eigenvalue weighted by molar-refractivity contribution is 5.08. The molecule has 3 nitrogen and oxygen atoms in total. The summed E-state index contributed by atoms with van der Waals surface area (Å²) in [5, 5.41) is 0. The second-order valence-electron chi connectivity index (χ2n) is 5.47. The molecule has 1 aromatic heterocycles. The molecular weight excluding hydrogens is 236 g/mol. The van der Waals surface area contributed by atoms with Crippen LogP contribution in [0.4, 0.5) is 0 Å². The monoisotopic (exact) mass is 260 g/mol. The molecule has 0 aliphatic carbocycles. The molecule has 0 radical (unpaired) electrons. The minimum absolute atomic E-state index is 0.405. The second kappa shape index (κ2) is 7.41. The van der Waals surface area contributed by atoms with E-state index in [-0.39, 0.29) is 0 Å². The first kappa shape index (κ1) is 14.2. The third kappa shape index (κ3) is 5.13. The molecule has 2 heterocycles. The van der Waals surface area contributed by atoms with Crippen LogP contribution in [0.3, 0.4) is 0 Å². The van der Waals surface area contributed by atoms with Gasteiger partial charge in [-0.3, -0.25) is 9.88 Å². The van der Waals surface area contributed by atoms with Crippen LogP contribution in [0, 0.1) is 0 Å². The van der Waals surface area contributed by atoms with Gasteiger partial charge in [0.05, 0.1) is 6.10 Å². The first-order chi connectivity index (χ1) is 9.24. The molecule has 1 aromatic rings. The van der Waals surface area contributed by atoms with Gasteiger partial charge in [-0.05, 0) is 38.3 Å². The zero-order valence-electron chi connectivity index (χ0n) is 12.0. The van der Waals surface area contributed by atoms with E-state index in [1.165, 1.54) is 24.0 Å². The fourth-order valence-electron chi connectivity index (χ4n) is 2.34. The summed E-state index contributed by atoms with van der Waals surface area (Å²) >= 11 is 0. The molecule has 0 aromatic carbocycles. The van der Waals surface area contributed by atoms with Gasteiger partial charge in [-0.25, -0.2) is 0 Å². The quantitative estimate of drug-likeness (QED) is 0.735. The molecule has 0 N–H and O–H groups in total. The van der Waals surface area contributed by atoms with Crippen molar-refractivity contribution in [1.29, 1.82) is 0 Å². The summed E-state index contributed by atoms with van der Waals surface area (Å²) in [6.45, 7) is 8.16. The smallest absolute Gasteiger partial charge is 0.0703 e. The molecule has 104 valence electrons. The normalized spacial score (nSPS) is 18.8. The fourth-order valence-corrected chi connectivity index (χ4v) is 2.34. The Morgan fingerprint density at radius 1 is 1.53 bits per heavy atom. The lowest BCUT2D eigenvalue weighted by molar-refractivity contribution is 0.0745. The summed E-state index contributed by atoms with van der Waals surface area (Å²) in [4.78, 5) is 6.64. The van der Waals surface area contributed by atoms with Crippen molar-refractivity contribution in [2.75, 3.05) is 19.7 Å². The first-order valence-corrected chi connectivity index (χ1v) is 7.10. The average molecular weight is 260 g/mol. The van der Waals surface area contributed by atoms with Crippen molar-refractivity contribution in [3.8, 4) is 0 Å². The van der Waals surface area contributed by atoms with Gasteiger partial charge in [0.1, 0.15) is 0 Å². The van der Waals surface area contributed by atoms with Gasteiger partial charge in [0.25, 0.3) is 0 Å². The van der Waals surface area contributed by atoms with E-state index in [0.717, 1.165) is 26.2 Å². The maximum atomic E-state index is 5.75. The van der Waals surface area contributed by atoms with Gasteiger partial charge in [0.15, 0.2) is 0 Å². The summed E-state index contributed by atoms with van der Waals surface area (Å²) in [5.74, 6) is 0. The Morgan fingerprint density at radius 2 is 2.42 bits per heavy atom. The molecule has 1 fully saturated rings. The van der Waals surface area contributed by atoms with E-state index in [4.69, 9.17) is 4.74 Å². The standard InChI is InChI=1S/C16H24N2O/c1-14(2)7-9-18(13-16-6-4-10-19-16)12-15-5-3-8-17-11-15/h3,5,7-8,11,16H,4,6,9-10,12-13H2,1-2H3/t16-/m1/s1. The molecule has 19 heavy (non-hydrogen) atoms. The van der Waals surface area contributed by atoms with Gasteiger partial charge in [-0.15, -0.1) is 0 Å². The number of nitrogens with zero attached hydrogens (tertiary/aromatic N) is 2. The van der Waals surface area contributed by atoms with Crippen molar-refractivity contribution in [3.63, 3.8) is 0 Å². The van der Waals surface area contributed by atoms with Crippen molar-refractivity contribution in [2.24, 2.45) is 0 Å². The highest BCUT2D eigenvalue weighted by Gasteiger charge is 2.18. The van der Waals surface area contributed by atoms with Crippen LogP contribution < -0.4 is 0 Å². The zero-order chi connectivity index (χ0) is 13.5. The van der Waals surface area contributed by atoms with Gasteiger partial charge in [0, 0.05) is 38.6 Å². The lowest BCUT2D eigenvalue weighted by Gasteiger charge is -2.24. The Morgan fingerprint density at radius 3 is 3.05 bits per heavy atom. The van der Waals surface area contributed by atoms with Crippen LogP contribution in [0.5, 0.6) is 0 Å². The number of hydrogen-bond donors (Lipinski definition) is 0. The van der Waals surface area contributed by atoms with Gasteiger partial charge in [-0.2, -0.15) is 0 Å². The van der Waals surface area contributed by atoms with E-state index in [1.807, 2.05) is 18.5 Å². The Hall–Kier alpha value is -1.19. The number of pyridine rings is 1. The summed E-state index contributed by atoms with van der Waals surface area (Å²) in [6, 6.07) is 4.14. The highest BCUT2D eigenvalue weighted by Crippen LogP contribution is 2.15. The van der Waals surface area contributed by atoms with Crippen LogP contribution in [0.25, 0.3) is 0 Å². The molecule has 0 spiro atoms. The largest absolute Gasteiger partial charge is 0.377 e. The van der Waals surface area contributed by atoms with Crippen molar-refractivity contribution in [2.45, 2.75) is 39.3 Å². The van der Waals surface area contributed by atoms with Crippen LogP contribution in [0.15, 0.2) is 36.2 Å². The van der Waals surface area contributed by atoms with Crippen molar-refractivity contribution in [1.82, 2.24) is 9.88 Å². The first-order valence-electron chi connectivity index (χ1n) is 7.10. The van der Waals surface area contributed by atoms with Crippen LogP contribution in [0.2, 0.25) is 0 Å². The Labute approximate surface area is 116 Å². The maximum absolute atomic E-state index is 5.75. The Bertz CT molecular complexity index is 392. The van der Waals surface area contributed by atoms with Crippen molar-refractivity contribution < 1.29 is 4.74 Å². The lowest BCUT2D eigenvalue weighted by Crippen LogP contribution is -2.32. The molecule has 0 bridgehead atoms. The molecule has 1 aliphatic rings. The third-order valence-electron chi connectivity index (χ3n) is 3.37. The number of ether oxygens (including phenoxy) is 1. The molecule has 0 unspecified atom stereocenters. The fraction of sp³-hybridized carbons (Fsp3) is 0.562. The molecule has 0 amide bonds. The SMILES string of the molecule is CC(C)=CCN(Cc1cccnc1)C[C@H]1CCCO1. The number of rotatable bonds is 6. The number of aromatic nitrogens is 1.